The average Bonchev–Trinajstić information content (AvgIpc) is 2.16. The van der Waals surface area contributed by atoms with Crippen LogP contribution in [0.25, 0.3) is 0 Å². The number of pyridine rings is 1. The largest absolute Gasteiger partial charge is 0.369 e. The number of anilines is 1. The molecule has 1 N–H and O–H groups in total. The van der Waals surface area contributed by atoms with Crippen molar-refractivity contribution in [2.45, 2.75) is 27.2 Å². The smallest absolute Gasteiger partial charge is 0.128 e. The Balaban J connectivity index is 2.61. The highest BCUT2D eigenvalue weighted by molar-refractivity contribution is 9.10. The van der Waals surface area contributed by atoms with Crippen LogP contribution in [0.4, 0.5) is 5.82 Å². The maximum Gasteiger partial charge on any atom is 0.128 e. The predicted molar refractivity (Wildman–Crippen MR) is 74.3 cm³/mol. The summed E-state index contributed by atoms with van der Waals surface area (Å²) in [6.07, 6.45) is 2.81. The first-order valence-corrected chi connectivity index (χ1v) is 6.69. The Labute approximate surface area is 111 Å². The Kier molecular flexibility index (Phi) is 5.06. The molecule has 0 aromatic carbocycles. The predicted octanol–water partition coefficient (Wildman–Crippen LogP) is 4.22. The van der Waals surface area contributed by atoms with Gasteiger partial charge in [-0.2, -0.15) is 0 Å². The average molecular weight is 306 g/mol. The third-order valence-corrected chi connectivity index (χ3v) is 3.17. The highest BCUT2D eigenvalue weighted by Gasteiger charge is 2.17. The van der Waals surface area contributed by atoms with Gasteiger partial charge in [-0.25, -0.2) is 4.98 Å². The summed E-state index contributed by atoms with van der Waals surface area (Å²) in [5.74, 6) is 1.65. The lowest BCUT2D eigenvalue weighted by molar-refractivity contribution is 0.379. The van der Waals surface area contributed by atoms with Gasteiger partial charge in [0.1, 0.15) is 5.82 Å². The monoisotopic (exact) mass is 304 g/mol. The Morgan fingerprint density at radius 3 is 2.75 bits per heavy atom. The van der Waals surface area contributed by atoms with Crippen LogP contribution in [0, 0.1) is 12.3 Å². The van der Waals surface area contributed by atoms with Gasteiger partial charge in [0, 0.05) is 23.1 Å². The van der Waals surface area contributed by atoms with E-state index in [4.69, 9.17) is 11.6 Å². The third kappa shape index (κ3) is 4.30. The summed E-state index contributed by atoms with van der Waals surface area (Å²) < 4.78 is 1.01. The summed E-state index contributed by atoms with van der Waals surface area (Å²) in [5, 5.41) is 3.37. The molecule has 0 bridgehead atoms. The van der Waals surface area contributed by atoms with Crippen LogP contribution in [0.2, 0.25) is 0 Å². The normalized spacial score (nSPS) is 11.6. The molecule has 1 aromatic heterocycles. The first kappa shape index (κ1) is 13.8. The highest BCUT2D eigenvalue weighted by Crippen LogP contribution is 2.23. The Hall–Kier alpha value is -0.280. The maximum absolute atomic E-state index is 5.77. The fourth-order valence-corrected chi connectivity index (χ4v) is 2.35. The van der Waals surface area contributed by atoms with E-state index in [1.807, 2.05) is 6.20 Å². The lowest BCUT2D eigenvalue weighted by Gasteiger charge is -2.24. The first-order chi connectivity index (χ1) is 7.44. The van der Waals surface area contributed by atoms with Crippen molar-refractivity contribution >= 4 is 33.3 Å². The molecule has 4 heteroatoms. The number of nitrogens with one attached hydrogen (secondary N) is 1. The Bertz CT molecular complexity index is 353. The number of rotatable bonds is 5. The number of halogens is 2. The molecule has 1 heterocycles. The molecule has 90 valence electrons. The second-order valence-electron chi connectivity index (χ2n) is 4.78. The zero-order chi connectivity index (χ0) is 12.2. The van der Waals surface area contributed by atoms with E-state index in [-0.39, 0.29) is 5.41 Å². The van der Waals surface area contributed by atoms with Gasteiger partial charge < -0.3 is 5.32 Å². The van der Waals surface area contributed by atoms with Gasteiger partial charge in [0.05, 0.1) is 0 Å². The number of aromatic nitrogens is 1. The molecular formula is C12H18BrClN2. The molecule has 0 aliphatic heterocycles. The highest BCUT2D eigenvalue weighted by atomic mass is 79.9. The second kappa shape index (κ2) is 5.87. The van der Waals surface area contributed by atoms with Crippen LogP contribution in [0.15, 0.2) is 16.7 Å². The number of aryl methyl sites for hydroxylation is 1. The van der Waals surface area contributed by atoms with Gasteiger partial charge in [0.15, 0.2) is 0 Å². The van der Waals surface area contributed by atoms with Gasteiger partial charge in [0.25, 0.3) is 0 Å². The molecule has 0 aliphatic carbocycles. The molecule has 0 spiro atoms. The zero-order valence-corrected chi connectivity index (χ0v) is 12.3. The van der Waals surface area contributed by atoms with E-state index in [1.54, 1.807) is 0 Å². The fraction of sp³-hybridized carbons (Fsp3) is 0.583. The molecule has 0 atom stereocenters. The summed E-state index contributed by atoms with van der Waals surface area (Å²) in [5.41, 5.74) is 1.35. The van der Waals surface area contributed by atoms with Crippen molar-refractivity contribution in [2.24, 2.45) is 5.41 Å². The molecule has 0 fully saturated rings. The summed E-state index contributed by atoms with van der Waals surface area (Å²) >= 11 is 9.17. The van der Waals surface area contributed by atoms with E-state index in [0.717, 1.165) is 28.8 Å². The van der Waals surface area contributed by atoms with Crippen molar-refractivity contribution in [3.8, 4) is 0 Å². The first-order valence-electron chi connectivity index (χ1n) is 5.36. The van der Waals surface area contributed by atoms with Crippen molar-refractivity contribution in [3.05, 3.63) is 22.3 Å². The van der Waals surface area contributed by atoms with Crippen molar-refractivity contribution in [2.75, 3.05) is 17.7 Å². The van der Waals surface area contributed by atoms with Crippen LogP contribution < -0.4 is 5.32 Å². The quantitative estimate of drug-likeness (QED) is 0.824. The van der Waals surface area contributed by atoms with Crippen molar-refractivity contribution in [1.82, 2.24) is 4.98 Å². The minimum Gasteiger partial charge on any atom is -0.369 e. The molecule has 1 rings (SSSR count). The van der Waals surface area contributed by atoms with Crippen LogP contribution in [0.1, 0.15) is 25.8 Å². The van der Waals surface area contributed by atoms with Crippen LogP contribution in [-0.2, 0) is 0 Å². The summed E-state index contributed by atoms with van der Waals surface area (Å²) in [4.78, 5) is 4.35. The van der Waals surface area contributed by atoms with Gasteiger partial charge in [-0.1, -0.05) is 13.8 Å². The molecule has 0 saturated carbocycles. The molecule has 0 saturated heterocycles. The lowest BCUT2D eigenvalue weighted by atomic mass is 9.90. The van der Waals surface area contributed by atoms with E-state index in [0.29, 0.717) is 5.88 Å². The van der Waals surface area contributed by atoms with E-state index < -0.39 is 0 Å². The van der Waals surface area contributed by atoms with Crippen LogP contribution in [0.5, 0.6) is 0 Å². The number of nitrogens with zero attached hydrogens (tertiary/aromatic N) is 1. The molecule has 16 heavy (non-hydrogen) atoms. The molecule has 1 aromatic rings. The van der Waals surface area contributed by atoms with Crippen molar-refractivity contribution in [3.63, 3.8) is 0 Å². The SMILES string of the molecule is Cc1cc(Br)cnc1NCC(C)(C)CCCl. The van der Waals surface area contributed by atoms with Crippen LogP contribution in [0.3, 0.4) is 0 Å². The number of hydrogen-bond acceptors (Lipinski definition) is 2. The fourth-order valence-electron chi connectivity index (χ4n) is 1.39. The molecular weight excluding hydrogens is 288 g/mol. The van der Waals surface area contributed by atoms with Gasteiger partial charge >= 0.3 is 0 Å². The molecule has 0 unspecified atom stereocenters. The lowest BCUT2D eigenvalue weighted by Crippen LogP contribution is -2.24. The minimum absolute atomic E-state index is 0.197. The van der Waals surface area contributed by atoms with Gasteiger partial charge in [-0.3, -0.25) is 0 Å². The van der Waals surface area contributed by atoms with E-state index in [9.17, 15) is 0 Å². The molecule has 0 aliphatic rings. The summed E-state index contributed by atoms with van der Waals surface area (Å²) in [7, 11) is 0. The third-order valence-electron chi connectivity index (χ3n) is 2.55. The Morgan fingerprint density at radius 2 is 2.19 bits per heavy atom. The topological polar surface area (TPSA) is 24.9 Å². The van der Waals surface area contributed by atoms with Crippen molar-refractivity contribution in [1.29, 1.82) is 0 Å². The summed E-state index contributed by atoms with van der Waals surface area (Å²) in [6.45, 7) is 7.34. The zero-order valence-electron chi connectivity index (χ0n) is 9.98. The minimum atomic E-state index is 0.197. The van der Waals surface area contributed by atoms with Crippen LogP contribution in [-0.4, -0.2) is 17.4 Å². The molecule has 2 nitrogen and oxygen atoms in total. The number of hydrogen-bond donors (Lipinski definition) is 1. The second-order valence-corrected chi connectivity index (χ2v) is 6.07. The number of alkyl halides is 1. The summed E-state index contributed by atoms with van der Waals surface area (Å²) in [6, 6.07) is 2.06. The van der Waals surface area contributed by atoms with Gasteiger partial charge in [-0.05, 0) is 46.3 Å². The van der Waals surface area contributed by atoms with E-state index >= 15 is 0 Å². The van der Waals surface area contributed by atoms with E-state index in [1.165, 1.54) is 0 Å². The van der Waals surface area contributed by atoms with Gasteiger partial charge in [-0.15, -0.1) is 11.6 Å². The molecule has 0 amide bonds. The van der Waals surface area contributed by atoms with E-state index in [2.05, 4.69) is 53.1 Å². The molecule has 0 radical (unpaired) electrons. The van der Waals surface area contributed by atoms with Gasteiger partial charge in [0.2, 0.25) is 0 Å². The maximum atomic E-state index is 5.77. The standard InChI is InChI=1S/C12H18BrClN2/c1-9-6-10(13)7-15-11(9)16-8-12(2,3)4-5-14/h6-7H,4-5,8H2,1-3H3,(H,15,16). The van der Waals surface area contributed by atoms with Crippen LogP contribution >= 0.6 is 27.5 Å². The Morgan fingerprint density at radius 1 is 1.50 bits per heavy atom. The van der Waals surface area contributed by atoms with Crippen molar-refractivity contribution < 1.29 is 0 Å².